The zero-order chi connectivity index (χ0) is 14.7. The zero-order valence-corrected chi connectivity index (χ0v) is 12.3. The summed E-state index contributed by atoms with van der Waals surface area (Å²) in [4.78, 5) is 12.9. The molecule has 0 saturated carbocycles. The van der Waals surface area contributed by atoms with Crippen molar-refractivity contribution in [2.24, 2.45) is 5.73 Å². The lowest BCUT2D eigenvalue weighted by Crippen LogP contribution is -2.31. The van der Waals surface area contributed by atoms with Crippen LogP contribution >= 0.6 is 11.3 Å². The van der Waals surface area contributed by atoms with Gasteiger partial charge in [-0.3, -0.25) is 4.79 Å². The van der Waals surface area contributed by atoms with Crippen molar-refractivity contribution in [3.63, 3.8) is 0 Å². The van der Waals surface area contributed by atoms with Gasteiger partial charge in [0.2, 0.25) is 0 Å². The van der Waals surface area contributed by atoms with E-state index < -0.39 is 0 Å². The Balaban J connectivity index is 1.66. The molecule has 1 unspecified atom stereocenters. The molecule has 1 amide bonds. The predicted molar refractivity (Wildman–Crippen MR) is 87.5 cm³/mol. The van der Waals surface area contributed by atoms with Gasteiger partial charge in [0.1, 0.15) is 0 Å². The Morgan fingerprint density at radius 3 is 2.57 bits per heavy atom. The van der Waals surface area contributed by atoms with Gasteiger partial charge in [-0.15, -0.1) is 11.3 Å². The van der Waals surface area contributed by atoms with Crippen LogP contribution in [0.5, 0.6) is 0 Å². The van der Waals surface area contributed by atoms with Crippen molar-refractivity contribution in [3.05, 3.63) is 71.1 Å². The van der Waals surface area contributed by atoms with Crippen molar-refractivity contribution in [2.45, 2.75) is 6.04 Å². The van der Waals surface area contributed by atoms with Crippen molar-refractivity contribution >= 4 is 27.3 Å². The van der Waals surface area contributed by atoms with E-state index in [0.29, 0.717) is 6.54 Å². The number of fused-ring (bicyclic) bond motifs is 1. The number of benzene rings is 2. The second kappa shape index (κ2) is 6.08. The van der Waals surface area contributed by atoms with Gasteiger partial charge >= 0.3 is 0 Å². The molecule has 1 aromatic heterocycles. The minimum absolute atomic E-state index is 0.0671. The molecule has 4 heteroatoms. The van der Waals surface area contributed by atoms with E-state index in [2.05, 4.69) is 5.32 Å². The Labute approximate surface area is 127 Å². The molecule has 0 spiro atoms. The molecule has 3 N–H and O–H groups in total. The van der Waals surface area contributed by atoms with Crippen LogP contribution in [0.15, 0.2) is 60.7 Å². The third-order valence-electron chi connectivity index (χ3n) is 3.36. The van der Waals surface area contributed by atoms with Crippen molar-refractivity contribution in [3.8, 4) is 0 Å². The highest BCUT2D eigenvalue weighted by molar-refractivity contribution is 7.20. The molecule has 2 aromatic carbocycles. The van der Waals surface area contributed by atoms with Crippen LogP contribution in [0.2, 0.25) is 0 Å². The van der Waals surface area contributed by atoms with Gasteiger partial charge in [0.15, 0.2) is 0 Å². The molecule has 3 rings (SSSR count). The maximum Gasteiger partial charge on any atom is 0.261 e. The van der Waals surface area contributed by atoms with E-state index in [1.165, 1.54) is 11.3 Å². The molecule has 0 bridgehead atoms. The highest BCUT2D eigenvalue weighted by atomic mass is 32.1. The Morgan fingerprint density at radius 2 is 1.81 bits per heavy atom. The summed E-state index contributed by atoms with van der Waals surface area (Å²) in [6.07, 6.45) is 0. The van der Waals surface area contributed by atoms with E-state index in [1.54, 1.807) is 0 Å². The van der Waals surface area contributed by atoms with Crippen LogP contribution in [0.1, 0.15) is 21.3 Å². The number of carbonyl (C=O) groups is 1. The molecule has 3 aromatic rings. The predicted octanol–water partition coefficient (Wildman–Crippen LogP) is 3.33. The Kier molecular flexibility index (Phi) is 3.99. The fourth-order valence-electron chi connectivity index (χ4n) is 2.20. The van der Waals surface area contributed by atoms with Gasteiger partial charge in [0.05, 0.1) is 4.88 Å². The molecule has 0 radical (unpaired) electrons. The van der Waals surface area contributed by atoms with Crippen LogP contribution in [0.3, 0.4) is 0 Å². The lowest BCUT2D eigenvalue weighted by molar-refractivity contribution is 0.0955. The van der Waals surface area contributed by atoms with Crippen LogP contribution in [0.25, 0.3) is 10.1 Å². The number of nitrogens with two attached hydrogens (primary N) is 1. The molecule has 0 saturated heterocycles. The second-order valence-electron chi connectivity index (χ2n) is 4.88. The average molecular weight is 296 g/mol. The molecular weight excluding hydrogens is 280 g/mol. The standard InChI is InChI=1S/C17H16N2OS/c18-14(12-6-2-1-3-7-12)11-19-17(20)16-10-13-8-4-5-9-15(13)21-16/h1-10,14H,11,18H2,(H,19,20). The minimum Gasteiger partial charge on any atom is -0.349 e. The average Bonchev–Trinajstić information content (AvgIpc) is 2.97. The van der Waals surface area contributed by atoms with E-state index in [1.807, 2.05) is 60.7 Å². The van der Waals surface area contributed by atoms with Gasteiger partial charge in [-0.25, -0.2) is 0 Å². The first-order chi connectivity index (χ1) is 10.2. The molecule has 0 aliphatic heterocycles. The summed E-state index contributed by atoms with van der Waals surface area (Å²) in [6, 6.07) is 19.5. The summed E-state index contributed by atoms with van der Waals surface area (Å²) in [6.45, 7) is 0.428. The van der Waals surface area contributed by atoms with Gasteiger partial charge < -0.3 is 11.1 Å². The summed E-state index contributed by atoms with van der Waals surface area (Å²) < 4.78 is 1.12. The van der Waals surface area contributed by atoms with Gasteiger partial charge in [-0.1, -0.05) is 48.5 Å². The van der Waals surface area contributed by atoms with Gasteiger partial charge in [0.25, 0.3) is 5.91 Å². The van der Waals surface area contributed by atoms with E-state index >= 15 is 0 Å². The number of carbonyl (C=O) groups excluding carboxylic acids is 1. The molecule has 0 fully saturated rings. The summed E-state index contributed by atoms with van der Waals surface area (Å²) in [5.74, 6) is -0.0671. The smallest absolute Gasteiger partial charge is 0.261 e. The topological polar surface area (TPSA) is 55.1 Å². The van der Waals surface area contributed by atoms with E-state index in [9.17, 15) is 4.79 Å². The fraction of sp³-hybridized carbons (Fsp3) is 0.118. The molecule has 0 aliphatic rings. The van der Waals surface area contributed by atoms with Crippen LogP contribution in [-0.2, 0) is 0 Å². The van der Waals surface area contributed by atoms with Crippen LogP contribution in [0.4, 0.5) is 0 Å². The lowest BCUT2D eigenvalue weighted by Gasteiger charge is -2.12. The van der Waals surface area contributed by atoms with Crippen molar-refractivity contribution in [1.82, 2.24) is 5.32 Å². The molecule has 1 heterocycles. The largest absolute Gasteiger partial charge is 0.349 e. The first-order valence-corrected chi connectivity index (χ1v) is 7.63. The first-order valence-electron chi connectivity index (χ1n) is 6.81. The number of rotatable bonds is 4. The summed E-state index contributed by atoms with van der Waals surface area (Å²) in [5, 5.41) is 4.00. The molecule has 106 valence electrons. The van der Waals surface area contributed by atoms with Crippen LogP contribution in [-0.4, -0.2) is 12.5 Å². The zero-order valence-electron chi connectivity index (χ0n) is 11.5. The SMILES string of the molecule is NC(CNC(=O)c1cc2ccccc2s1)c1ccccc1. The van der Waals surface area contributed by atoms with Crippen LogP contribution in [0, 0.1) is 0 Å². The van der Waals surface area contributed by atoms with Crippen molar-refractivity contribution in [2.75, 3.05) is 6.54 Å². The minimum atomic E-state index is -0.190. The molecular formula is C17H16N2OS. The summed E-state index contributed by atoms with van der Waals surface area (Å²) in [5.41, 5.74) is 7.11. The third kappa shape index (κ3) is 3.12. The molecule has 0 aliphatic carbocycles. The van der Waals surface area contributed by atoms with Gasteiger partial charge in [-0.05, 0) is 23.1 Å². The maximum atomic E-state index is 12.2. The third-order valence-corrected chi connectivity index (χ3v) is 4.47. The Morgan fingerprint density at radius 1 is 1.10 bits per heavy atom. The lowest BCUT2D eigenvalue weighted by atomic mass is 10.1. The van der Waals surface area contributed by atoms with Gasteiger partial charge in [-0.2, -0.15) is 0 Å². The number of hydrogen-bond acceptors (Lipinski definition) is 3. The Bertz CT molecular complexity index is 719. The van der Waals surface area contributed by atoms with E-state index in [-0.39, 0.29) is 11.9 Å². The number of thiophene rings is 1. The maximum absolute atomic E-state index is 12.2. The summed E-state index contributed by atoms with van der Waals surface area (Å²) in [7, 11) is 0. The monoisotopic (exact) mass is 296 g/mol. The number of hydrogen-bond donors (Lipinski definition) is 2. The number of amides is 1. The first kappa shape index (κ1) is 13.8. The molecule has 21 heavy (non-hydrogen) atoms. The highest BCUT2D eigenvalue weighted by Gasteiger charge is 2.12. The summed E-state index contributed by atoms with van der Waals surface area (Å²) >= 11 is 1.50. The van der Waals surface area contributed by atoms with Crippen molar-refractivity contribution < 1.29 is 4.79 Å². The quantitative estimate of drug-likeness (QED) is 0.776. The van der Waals surface area contributed by atoms with Gasteiger partial charge in [0, 0.05) is 17.3 Å². The number of nitrogens with one attached hydrogen (secondary N) is 1. The van der Waals surface area contributed by atoms with E-state index in [0.717, 1.165) is 20.5 Å². The fourth-order valence-corrected chi connectivity index (χ4v) is 3.18. The second-order valence-corrected chi connectivity index (χ2v) is 5.96. The highest BCUT2D eigenvalue weighted by Crippen LogP contribution is 2.25. The van der Waals surface area contributed by atoms with E-state index in [4.69, 9.17) is 5.73 Å². The van der Waals surface area contributed by atoms with Crippen molar-refractivity contribution in [1.29, 1.82) is 0 Å². The molecule has 3 nitrogen and oxygen atoms in total. The Hall–Kier alpha value is -2.17. The molecule has 1 atom stereocenters. The van der Waals surface area contributed by atoms with Crippen LogP contribution < -0.4 is 11.1 Å². The normalized spacial score (nSPS) is 12.2.